The monoisotopic (exact) mass is 688 g/mol. The van der Waals surface area contributed by atoms with E-state index in [0.29, 0.717) is 12.8 Å². The first-order valence-corrected chi connectivity index (χ1v) is 16.1. The van der Waals surface area contributed by atoms with Crippen LogP contribution in [0.25, 0.3) is 10.9 Å². The molecule has 37 heavy (non-hydrogen) atoms. The van der Waals surface area contributed by atoms with Crippen molar-refractivity contribution in [3.63, 3.8) is 0 Å². The van der Waals surface area contributed by atoms with Crippen LogP contribution in [0.4, 0.5) is 0 Å². The van der Waals surface area contributed by atoms with Gasteiger partial charge in [0.25, 0.3) is 0 Å². The van der Waals surface area contributed by atoms with Crippen LogP contribution in [0.15, 0.2) is 88.4 Å². The van der Waals surface area contributed by atoms with Crippen LogP contribution in [0.2, 0.25) is 0 Å². The standard InChI is InChI=1S/C31H34BrIN2OS/c1-35(2)18-17-31(36,16-15-22-7-5-4-6-8-22)29(24-11-9-23(21-33)10-12-24)27-20-25-19-26(32)13-14-28(25)34-30(27)37-3/h4-14,19-20,29,36H,15-18,21H2,1-3H3. The summed E-state index contributed by atoms with van der Waals surface area (Å²) in [4.78, 5) is 7.22. The molecular formula is C31H34BrIN2OS. The smallest absolute Gasteiger partial charge is 0.100 e. The van der Waals surface area contributed by atoms with E-state index in [-0.39, 0.29) is 5.92 Å². The highest BCUT2D eigenvalue weighted by atomic mass is 127. The van der Waals surface area contributed by atoms with Crippen molar-refractivity contribution >= 4 is 61.2 Å². The van der Waals surface area contributed by atoms with Gasteiger partial charge in [0.2, 0.25) is 0 Å². The minimum absolute atomic E-state index is 0.210. The van der Waals surface area contributed by atoms with Gasteiger partial charge in [0, 0.05) is 26.7 Å². The number of fused-ring (bicyclic) bond motifs is 1. The van der Waals surface area contributed by atoms with E-state index in [0.717, 1.165) is 48.9 Å². The van der Waals surface area contributed by atoms with Crippen LogP contribution in [-0.2, 0) is 10.8 Å². The van der Waals surface area contributed by atoms with Gasteiger partial charge in [-0.15, -0.1) is 11.8 Å². The van der Waals surface area contributed by atoms with Gasteiger partial charge in [-0.25, -0.2) is 4.98 Å². The minimum atomic E-state index is -0.961. The largest absolute Gasteiger partial charge is 0.389 e. The average molecular weight is 690 g/mol. The van der Waals surface area contributed by atoms with Gasteiger partial charge in [0.05, 0.1) is 11.1 Å². The van der Waals surface area contributed by atoms with Crippen LogP contribution in [0.3, 0.4) is 0 Å². The molecule has 0 aliphatic rings. The fourth-order valence-corrected chi connectivity index (χ4v) is 6.42. The minimum Gasteiger partial charge on any atom is -0.389 e. The molecule has 1 aromatic heterocycles. The van der Waals surface area contributed by atoms with E-state index in [9.17, 15) is 5.11 Å². The van der Waals surface area contributed by atoms with Crippen molar-refractivity contribution in [3.05, 3.63) is 106 Å². The summed E-state index contributed by atoms with van der Waals surface area (Å²) in [5, 5.41) is 14.7. The molecule has 0 fully saturated rings. The summed E-state index contributed by atoms with van der Waals surface area (Å²) < 4.78 is 1.99. The molecule has 3 aromatic carbocycles. The van der Waals surface area contributed by atoms with E-state index < -0.39 is 5.60 Å². The maximum absolute atomic E-state index is 12.7. The second kappa shape index (κ2) is 13.1. The van der Waals surface area contributed by atoms with Crippen LogP contribution >= 0.6 is 50.3 Å². The Morgan fingerprint density at radius 2 is 1.70 bits per heavy atom. The summed E-state index contributed by atoms with van der Waals surface area (Å²) in [6, 6.07) is 27.8. The Morgan fingerprint density at radius 1 is 0.973 bits per heavy atom. The third kappa shape index (κ3) is 7.15. The molecule has 0 aliphatic carbocycles. The molecule has 0 amide bonds. The number of benzene rings is 3. The third-order valence-corrected chi connectivity index (χ3v) is 9.05. The molecule has 3 nitrogen and oxygen atoms in total. The van der Waals surface area contributed by atoms with E-state index in [1.54, 1.807) is 11.8 Å². The van der Waals surface area contributed by atoms with Gasteiger partial charge in [-0.3, -0.25) is 0 Å². The Morgan fingerprint density at radius 3 is 2.35 bits per heavy atom. The quantitative estimate of drug-likeness (QED) is 0.0982. The van der Waals surface area contributed by atoms with Crippen molar-refractivity contribution in [2.24, 2.45) is 0 Å². The van der Waals surface area contributed by atoms with Crippen molar-refractivity contribution in [2.75, 3.05) is 26.9 Å². The van der Waals surface area contributed by atoms with Gasteiger partial charge in [-0.2, -0.15) is 0 Å². The van der Waals surface area contributed by atoms with Crippen LogP contribution < -0.4 is 0 Å². The zero-order valence-electron chi connectivity index (χ0n) is 21.6. The predicted molar refractivity (Wildman–Crippen MR) is 170 cm³/mol. The molecule has 0 saturated carbocycles. The molecule has 4 rings (SSSR count). The first-order chi connectivity index (χ1) is 17.8. The van der Waals surface area contributed by atoms with Crippen LogP contribution in [-0.4, -0.2) is 47.5 Å². The van der Waals surface area contributed by atoms with E-state index in [4.69, 9.17) is 4.98 Å². The summed E-state index contributed by atoms with van der Waals surface area (Å²) in [7, 11) is 4.15. The highest BCUT2D eigenvalue weighted by molar-refractivity contribution is 14.1. The molecular weight excluding hydrogens is 655 g/mol. The zero-order chi connectivity index (χ0) is 26.4. The number of hydrogen-bond acceptors (Lipinski definition) is 4. The van der Waals surface area contributed by atoms with Gasteiger partial charge >= 0.3 is 0 Å². The zero-order valence-corrected chi connectivity index (χ0v) is 26.2. The molecule has 0 spiro atoms. The average Bonchev–Trinajstić information content (AvgIpc) is 2.91. The first-order valence-electron chi connectivity index (χ1n) is 12.5. The van der Waals surface area contributed by atoms with Crippen LogP contribution in [0, 0.1) is 0 Å². The molecule has 6 heteroatoms. The third-order valence-electron chi connectivity index (χ3n) is 6.96. The first kappa shape index (κ1) is 28.6. The van der Waals surface area contributed by atoms with Crippen molar-refractivity contribution < 1.29 is 5.11 Å². The Kier molecular flexibility index (Phi) is 10.1. The number of halogens is 2. The maximum atomic E-state index is 12.7. The number of pyridine rings is 1. The predicted octanol–water partition coefficient (Wildman–Crippen LogP) is 8.10. The topological polar surface area (TPSA) is 36.4 Å². The fraction of sp³-hybridized carbons (Fsp3) is 0.323. The molecule has 194 valence electrons. The molecule has 0 aliphatic heterocycles. The molecule has 4 aromatic rings. The molecule has 1 heterocycles. The maximum Gasteiger partial charge on any atom is 0.100 e. The molecule has 1 N–H and O–H groups in total. The lowest BCUT2D eigenvalue weighted by Gasteiger charge is -2.39. The van der Waals surface area contributed by atoms with Gasteiger partial charge in [-0.05, 0) is 86.1 Å². The van der Waals surface area contributed by atoms with E-state index in [1.165, 1.54) is 11.1 Å². The van der Waals surface area contributed by atoms with Crippen molar-refractivity contribution in [1.29, 1.82) is 0 Å². The molecule has 0 saturated heterocycles. The van der Waals surface area contributed by atoms with Crippen molar-refractivity contribution in [2.45, 2.75) is 40.2 Å². The summed E-state index contributed by atoms with van der Waals surface area (Å²) in [5.74, 6) is -0.210. The number of aliphatic hydroxyl groups is 1. The molecule has 2 atom stereocenters. The number of nitrogens with zero attached hydrogens (tertiary/aromatic N) is 2. The fourth-order valence-electron chi connectivity index (χ4n) is 4.93. The molecule has 0 bridgehead atoms. The Labute approximate surface area is 247 Å². The summed E-state index contributed by atoms with van der Waals surface area (Å²) in [6.45, 7) is 0.800. The summed E-state index contributed by atoms with van der Waals surface area (Å²) >= 11 is 7.69. The normalized spacial score (nSPS) is 14.1. The number of thioether (sulfide) groups is 1. The van der Waals surface area contributed by atoms with Gasteiger partial charge < -0.3 is 10.0 Å². The number of aromatic nitrogens is 1. The molecule has 2 unspecified atom stereocenters. The summed E-state index contributed by atoms with van der Waals surface area (Å²) in [5.41, 5.74) is 4.77. The van der Waals surface area contributed by atoms with Gasteiger partial charge in [0.1, 0.15) is 5.03 Å². The highest BCUT2D eigenvalue weighted by Gasteiger charge is 2.40. The van der Waals surface area contributed by atoms with Gasteiger partial charge in [0.15, 0.2) is 0 Å². The second-order valence-corrected chi connectivity index (χ2v) is 12.3. The van der Waals surface area contributed by atoms with E-state index >= 15 is 0 Å². The van der Waals surface area contributed by atoms with Crippen molar-refractivity contribution in [3.8, 4) is 0 Å². The lowest BCUT2D eigenvalue weighted by Crippen LogP contribution is -2.40. The Balaban J connectivity index is 1.89. The number of aryl methyl sites for hydroxylation is 1. The van der Waals surface area contributed by atoms with Crippen LogP contribution in [0.1, 0.15) is 41.0 Å². The Bertz CT molecular complexity index is 1320. The SMILES string of the molecule is CSc1nc2ccc(Br)cc2cc1C(c1ccc(CI)cc1)C(O)(CCc1ccccc1)CCN(C)C. The van der Waals surface area contributed by atoms with Gasteiger partial charge in [-0.1, -0.05) is 93.1 Å². The van der Waals surface area contributed by atoms with Crippen LogP contribution in [0.5, 0.6) is 0 Å². The number of alkyl halides is 1. The lowest BCUT2D eigenvalue weighted by atomic mass is 9.72. The highest BCUT2D eigenvalue weighted by Crippen LogP contribution is 2.44. The number of hydrogen-bond donors (Lipinski definition) is 1. The van der Waals surface area contributed by atoms with E-state index in [2.05, 4.69) is 131 Å². The molecule has 0 radical (unpaired) electrons. The second-order valence-electron chi connectivity index (χ2n) is 9.87. The number of rotatable bonds is 11. The lowest BCUT2D eigenvalue weighted by molar-refractivity contribution is 0.000692. The van der Waals surface area contributed by atoms with Crippen molar-refractivity contribution in [1.82, 2.24) is 9.88 Å². The Hall–Kier alpha value is -1.45. The van der Waals surface area contributed by atoms with E-state index in [1.807, 2.05) is 12.1 Å². The summed E-state index contributed by atoms with van der Waals surface area (Å²) in [6.07, 6.45) is 4.22.